The minimum Gasteiger partial charge on any atom is -0.323 e. The van der Waals surface area contributed by atoms with Crippen LogP contribution in [0.2, 0.25) is 0 Å². The number of hydrogen-bond donors (Lipinski definition) is 1. The van der Waals surface area contributed by atoms with E-state index in [1.807, 2.05) is 17.6 Å². The maximum Gasteiger partial charge on any atom is 0.234 e. The van der Waals surface area contributed by atoms with Crippen LogP contribution in [0.25, 0.3) is 11.4 Å². The molecule has 0 saturated carbocycles. The lowest BCUT2D eigenvalue weighted by Crippen LogP contribution is -2.16. The van der Waals surface area contributed by atoms with Crippen LogP contribution in [0.3, 0.4) is 0 Å². The van der Waals surface area contributed by atoms with Crippen molar-refractivity contribution in [2.75, 3.05) is 11.1 Å². The molecule has 3 aromatic rings. The molecule has 1 aromatic carbocycles. The molecule has 2 aromatic heterocycles. The number of nitrogens with zero attached hydrogens (tertiary/aromatic N) is 4. The second-order valence-electron chi connectivity index (χ2n) is 5.35. The van der Waals surface area contributed by atoms with Crippen LogP contribution in [0.4, 0.5) is 18.9 Å². The zero-order valence-electron chi connectivity index (χ0n) is 14.1. The number of nitrogens with one attached hydrogen (secondary N) is 1. The summed E-state index contributed by atoms with van der Waals surface area (Å²) in [4.78, 5) is 16.1. The highest BCUT2D eigenvalue weighted by molar-refractivity contribution is 7.99. The first-order valence-electron chi connectivity index (χ1n) is 7.91. The Morgan fingerprint density at radius 1 is 1.19 bits per heavy atom. The van der Waals surface area contributed by atoms with E-state index in [0.29, 0.717) is 17.5 Å². The van der Waals surface area contributed by atoms with Gasteiger partial charge in [-0.25, -0.2) is 13.2 Å². The zero-order valence-corrected chi connectivity index (χ0v) is 14.9. The Kier molecular flexibility index (Phi) is 5.75. The fourth-order valence-corrected chi connectivity index (χ4v) is 3.13. The lowest BCUT2D eigenvalue weighted by Gasteiger charge is -2.08. The number of aromatic nitrogens is 4. The van der Waals surface area contributed by atoms with Crippen molar-refractivity contribution in [3.8, 4) is 11.4 Å². The van der Waals surface area contributed by atoms with Crippen LogP contribution < -0.4 is 5.32 Å². The Balaban J connectivity index is 1.69. The van der Waals surface area contributed by atoms with E-state index in [1.165, 1.54) is 0 Å². The Bertz CT molecular complexity index is 965. The van der Waals surface area contributed by atoms with Crippen LogP contribution >= 0.6 is 11.8 Å². The first-order chi connectivity index (χ1) is 13.0. The third-order valence-electron chi connectivity index (χ3n) is 3.59. The van der Waals surface area contributed by atoms with E-state index in [2.05, 4.69) is 20.5 Å². The number of carbonyl (C=O) groups excluding carboxylic acids is 1. The van der Waals surface area contributed by atoms with Crippen LogP contribution in [0.5, 0.6) is 0 Å². The smallest absolute Gasteiger partial charge is 0.234 e. The lowest BCUT2D eigenvalue weighted by molar-refractivity contribution is -0.113. The summed E-state index contributed by atoms with van der Waals surface area (Å²) in [5.41, 5.74) is 0.361. The van der Waals surface area contributed by atoms with Gasteiger partial charge in [-0.3, -0.25) is 9.78 Å². The molecule has 0 radical (unpaired) electrons. The van der Waals surface area contributed by atoms with Crippen molar-refractivity contribution in [2.45, 2.75) is 18.6 Å². The normalized spacial score (nSPS) is 10.8. The molecule has 6 nitrogen and oxygen atoms in total. The fraction of sp³-hybridized carbons (Fsp3) is 0.176. The first kappa shape index (κ1) is 18.9. The Labute approximate surface area is 156 Å². The largest absolute Gasteiger partial charge is 0.323 e. The van der Waals surface area contributed by atoms with Crippen molar-refractivity contribution in [3.63, 3.8) is 0 Å². The summed E-state index contributed by atoms with van der Waals surface area (Å²) in [7, 11) is 0. The first-order valence-corrected chi connectivity index (χ1v) is 8.89. The van der Waals surface area contributed by atoms with Gasteiger partial charge in [-0.1, -0.05) is 11.8 Å². The van der Waals surface area contributed by atoms with E-state index in [4.69, 9.17) is 0 Å². The molecule has 0 saturated heterocycles. The van der Waals surface area contributed by atoms with E-state index in [1.54, 1.807) is 18.5 Å². The van der Waals surface area contributed by atoms with Crippen LogP contribution in [-0.4, -0.2) is 31.4 Å². The van der Waals surface area contributed by atoms with Crippen LogP contribution in [0.1, 0.15) is 6.92 Å². The van der Waals surface area contributed by atoms with Gasteiger partial charge < -0.3 is 9.88 Å². The van der Waals surface area contributed by atoms with Crippen LogP contribution in [0, 0.1) is 17.5 Å². The van der Waals surface area contributed by atoms with Gasteiger partial charge in [0.15, 0.2) is 28.4 Å². The average molecular weight is 393 g/mol. The molecule has 2 heterocycles. The lowest BCUT2D eigenvalue weighted by atomic mass is 10.3. The van der Waals surface area contributed by atoms with Gasteiger partial charge in [-0.15, -0.1) is 10.2 Å². The van der Waals surface area contributed by atoms with Crippen molar-refractivity contribution in [1.29, 1.82) is 0 Å². The highest BCUT2D eigenvalue weighted by Crippen LogP contribution is 2.24. The van der Waals surface area contributed by atoms with E-state index in [-0.39, 0.29) is 5.75 Å². The Morgan fingerprint density at radius 3 is 2.70 bits per heavy atom. The molecular weight excluding hydrogens is 379 g/mol. The highest BCUT2D eigenvalue weighted by Gasteiger charge is 2.17. The summed E-state index contributed by atoms with van der Waals surface area (Å²) < 4.78 is 41.6. The van der Waals surface area contributed by atoms with Gasteiger partial charge in [0.25, 0.3) is 0 Å². The standard InChI is InChI=1S/C17H14F3N5OS/c1-2-25-16(10-4-3-7-21-8-10)23-24-17(25)27-9-13(26)22-12-6-5-11(18)14(19)15(12)20/h3-8H,2,9H2,1H3,(H,22,26). The monoisotopic (exact) mass is 393 g/mol. The third kappa shape index (κ3) is 4.11. The molecule has 10 heteroatoms. The average Bonchev–Trinajstić information content (AvgIpc) is 3.10. The van der Waals surface area contributed by atoms with E-state index in [0.717, 1.165) is 29.5 Å². The molecule has 27 heavy (non-hydrogen) atoms. The number of hydrogen-bond acceptors (Lipinski definition) is 5. The van der Waals surface area contributed by atoms with Crippen LogP contribution in [0.15, 0.2) is 41.8 Å². The van der Waals surface area contributed by atoms with Crippen LogP contribution in [-0.2, 0) is 11.3 Å². The van der Waals surface area contributed by atoms with Gasteiger partial charge in [0.05, 0.1) is 11.4 Å². The van der Waals surface area contributed by atoms with Gasteiger partial charge in [0.1, 0.15) is 0 Å². The van der Waals surface area contributed by atoms with Gasteiger partial charge >= 0.3 is 0 Å². The third-order valence-corrected chi connectivity index (χ3v) is 4.56. The SMILES string of the molecule is CCn1c(SCC(=O)Nc2ccc(F)c(F)c2F)nnc1-c1cccnc1. The summed E-state index contributed by atoms with van der Waals surface area (Å²) >= 11 is 1.09. The Morgan fingerprint density at radius 2 is 2.00 bits per heavy atom. The molecule has 0 atom stereocenters. The predicted octanol–water partition coefficient (Wildman–Crippen LogP) is 3.51. The summed E-state index contributed by atoms with van der Waals surface area (Å²) in [5.74, 6) is -4.47. The number of rotatable bonds is 6. The van der Waals surface area contributed by atoms with E-state index < -0.39 is 29.0 Å². The summed E-state index contributed by atoms with van der Waals surface area (Å²) in [6.45, 7) is 2.48. The zero-order chi connectivity index (χ0) is 19.4. The van der Waals surface area contributed by atoms with Gasteiger partial charge in [0.2, 0.25) is 5.91 Å². The van der Waals surface area contributed by atoms with E-state index in [9.17, 15) is 18.0 Å². The van der Waals surface area contributed by atoms with Crippen molar-refractivity contribution in [1.82, 2.24) is 19.7 Å². The quantitative estimate of drug-likeness (QED) is 0.513. The summed E-state index contributed by atoms with van der Waals surface area (Å²) in [6.07, 6.45) is 3.30. The molecular formula is C17H14F3N5OS. The van der Waals surface area contributed by atoms with Gasteiger partial charge in [-0.2, -0.15) is 0 Å². The predicted molar refractivity (Wildman–Crippen MR) is 94.6 cm³/mol. The molecule has 0 fully saturated rings. The summed E-state index contributed by atoms with van der Waals surface area (Å²) in [5, 5.41) is 10.9. The fourth-order valence-electron chi connectivity index (χ4n) is 2.33. The van der Waals surface area contributed by atoms with Crippen molar-refractivity contribution < 1.29 is 18.0 Å². The van der Waals surface area contributed by atoms with Gasteiger partial charge in [0, 0.05) is 24.5 Å². The second-order valence-corrected chi connectivity index (χ2v) is 6.29. The molecule has 1 amide bonds. The summed E-state index contributed by atoms with van der Waals surface area (Å²) in [6, 6.07) is 5.33. The van der Waals surface area contributed by atoms with Crippen molar-refractivity contribution in [3.05, 3.63) is 54.1 Å². The number of amides is 1. The molecule has 0 aliphatic rings. The molecule has 0 bridgehead atoms. The topological polar surface area (TPSA) is 72.7 Å². The molecule has 140 valence electrons. The van der Waals surface area contributed by atoms with Crippen molar-refractivity contribution in [2.24, 2.45) is 0 Å². The number of carbonyl (C=O) groups is 1. The molecule has 0 unspecified atom stereocenters. The highest BCUT2D eigenvalue weighted by atomic mass is 32.2. The molecule has 0 spiro atoms. The minimum absolute atomic E-state index is 0.108. The maximum absolute atomic E-state index is 13.6. The number of anilines is 1. The number of benzene rings is 1. The van der Waals surface area contributed by atoms with Crippen molar-refractivity contribution >= 4 is 23.4 Å². The molecule has 0 aliphatic carbocycles. The maximum atomic E-state index is 13.6. The van der Waals surface area contributed by atoms with Gasteiger partial charge in [-0.05, 0) is 31.2 Å². The Hall–Kier alpha value is -2.88. The molecule has 1 N–H and O–H groups in total. The minimum atomic E-state index is -1.63. The number of thioether (sulfide) groups is 1. The van der Waals surface area contributed by atoms with E-state index >= 15 is 0 Å². The number of pyridine rings is 1. The molecule has 3 rings (SSSR count). The molecule has 0 aliphatic heterocycles. The second kappa shape index (κ2) is 8.21. The number of halogens is 3.